The monoisotopic (exact) mass is 296 g/mol. The SMILES string of the molecule is CC(C)(C)c1csc(CNCC2(CO)CCCCC2)n1. The van der Waals surface area contributed by atoms with Crippen LogP contribution in [-0.4, -0.2) is 23.2 Å². The van der Waals surface area contributed by atoms with Gasteiger partial charge in [0.05, 0.1) is 5.69 Å². The van der Waals surface area contributed by atoms with Crippen molar-refractivity contribution in [3.8, 4) is 0 Å². The van der Waals surface area contributed by atoms with Crippen molar-refractivity contribution in [3.05, 3.63) is 16.1 Å². The van der Waals surface area contributed by atoms with Gasteiger partial charge in [0.1, 0.15) is 5.01 Å². The first kappa shape index (κ1) is 15.9. The molecule has 1 aromatic rings. The molecular formula is C16H28N2OS. The minimum atomic E-state index is 0.113. The number of hydrogen-bond acceptors (Lipinski definition) is 4. The van der Waals surface area contributed by atoms with Gasteiger partial charge in [-0.1, -0.05) is 40.0 Å². The van der Waals surface area contributed by atoms with E-state index in [4.69, 9.17) is 4.98 Å². The Kier molecular flexibility index (Phi) is 5.21. The number of aliphatic hydroxyl groups is 1. The van der Waals surface area contributed by atoms with Gasteiger partial charge in [0.15, 0.2) is 0 Å². The van der Waals surface area contributed by atoms with Crippen molar-refractivity contribution in [2.75, 3.05) is 13.2 Å². The molecule has 0 saturated heterocycles. The third kappa shape index (κ3) is 4.03. The van der Waals surface area contributed by atoms with E-state index in [2.05, 4.69) is 31.5 Å². The summed E-state index contributed by atoms with van der Waals surface area (Å²) < 4.78 is 0. The van der Waals surface area contributed by atoms with Gasteiger partial charge in [-0.15, -0.1) is 11.3 Å². The summed E-state index contributed by atoms with van der Waals surface area (Å²) in [6.07, 6.45) is 6.15. The fraction of sp³-hybridized carbons (Fsp3) is 0.812. The Hall–Kier alpha value is -0.450. The van der Waals surface area contributed by atoms with E-state index in [1.54, 1.807) is 11.3 Å². The minimum Gasteiger partial charge on any atom is -0.396 e. The molecule has 1 fully saturated rings. The maximum atomic E-state index is 9.70. The average molecular weight is 296 g/mol. The van der Waals surface area contributed by atoms with E-state index in [1.807, 2.05) is 0 Å². The van der Waals surface area contributed by atoms with Crippen molar-refractivity contribution in [1.82, 2.24) is 10.3 Å². The smallest absolute Gasteiger partial charge is 0.107 e. The Morgan fingerprint density at radius 2 is 2.00 bits per heavy atom. The summed E-state index contributed by atoms with van der Waals surface area (Å²) in [7, 11) is 0. The third-order valence-electron chi connectivity index (χ3n) is 4.35. The average Bonchev–Trinajstić information content (AvgIpc) is 2.89. The summed E-state index contributed by atoms with van der Waals surface area (Å²) in [5, 5.41) is 16.5. The first-order valence-corrected chi connectivity index (χ1v) is 8.60. The van der Waals surface area contributed by atoms with Crippen molar-refractivity contribution >= 4 is 11.3 Å². The van der Waals surface area contributed by atoms with Crippen LogP contribution < -0.4 is 5.32 Å². The van der Waals surface area contributed by atoms with E-state index < -0.39 is 0 Å². The van der Waals surface area contributed by atoms with Gasteiger partial charge < -0.3 is 10.4 Å². The highest BCUT2D eigenvalue weighted by atomic mass is 32.1. The standard InChI is InChI=1S/C16H28N2OS/c1-15(2,3)13-10-20-14(18-13)9-17-11-16(12-19)7-5-4-6-8-16/h10,17,19H,4-9,11-12H2,1-3H3. The van der Waals surface area contributed by atoms with Crippen molar-refractivity contribution in [3.63, 3.8) is 0 Å². The van der Waals surface area contributed by atoms with E-state index >= 15 is 0 Å². The summed E-state index contributed by atoms with van der Waals surface area (Å²) in [4.78, 5) is 4.71. The Bertz CT molecular complexity index is 416. The molecule has 1 aliphatic carbocycles. The molecule has 0 bridgehead atoms. The number of aromatic nitrogens is 1. The van der Waals surface area contributed by atoms with Gasteiger partial charge >= 0.3 is 0 Å². The molecule has 0 radical (unpaired) electrons. The van der Waals surface area contributed by atoms with E-state index in [1.165, 1.54) is 25.0 Å². The van der Waals surface area contributed by atoms with E-state index in [0.717, 1.165) is 30.9 Å². The van der Waals surface area contributed by atoms with Gasteiger partial charge in [-0.3, -0.25) is 0 Å². The minimum absolute atomic E-state index is 0.113. The Labute approximate surface area is 126 Å². The Morgan fingerprint density at radius 3 is 2.55 bits per heavy atom. The van der Waals surface area contributed by atoms with Gasteiger partial charge in [-0.2, -0.15) is 0 Å². The summed E-state index contributed by atoms with van der Waals surface area (Å²) in [6.45, 7) is 8.63. The number of hydrogen-bond donors (Lipinski definition) is 2. The molecule has 1 aliphatic rings. The second-order valence-electron chi connectivity index (χ2n) is 7.20. The highest BCUT2D eigenvalue weighted by Crippen LogP contribution is 2.35. The van der Waals surface area contributed by atoms with Crippen molar-refractivity contribution < 1.29 is 5.11 Å². The zero-order valence-corrected chi connectivity index (χ0v) is 13.9. The maximum Gasteiger partial charge on any atom is 0.107 e. The summed E-state index contributed by atoms with van der Waals surface area (Å²) in [5.74, 6) is 0. The predicted molar refractivity (Wildman–Crippen MR) is 85.1 cm³/mol. The quantitative estimate of drug-likeness (QED) is 0.874. The first-order chi connectivity index (χ1) is 9.45. The molecule has 4 heteroatoms. The highest BCUT2D eigenvalue weighted by Gasteiger charge is 2.30. The van der Waals surface area contributed by atoms with Gasteiger partial charge in [0, 0.05) is 35.9 Å². The molecular weight excluding hydrogens is 268 g/mol. The summed E-state index contributed by atoms with van der Waals surface area (Å²) >= 11 is 1.73. The number of rotatable bonds is 5. The van der Waals surface area contributed by atoms with Crippen LogP contribution in [0.25, 0.3) is 0 Å². The molecule has 1 heterocycles. The normalized spacial score (nSPS) is 19.2. The lowest BCUT2D eigenvalue weighted by Gasteiger charge is -2.35. The van der Waals surface area contributed by atoms with Crippen LogP contribution in [-0.2, 0) is 12.0 Å². The lowest BCUT2D eigenvalue weighted by Crippen LogP contribution is -2.38. The molecule has 0 unspecified atom stereocenters. The molecule has 2 rings (SSSR count). The van der Waals surface area contributed by atoms with Crippen LogP contribution >= 0.6 is 11.3 Å². The molecule has 0 atom stereocenters. The number of thiazole rings is 1. The van der Waals surface area contributed by atoms with Crippen LogP contribution in [0.2, 0.25) is 0 Å². The lowest BCUT2D eigenvalue weighted by molar-refractivity contribution is 0.0810. The van der Waals surface area contributed by atoms with Crippen LogP contribution in [0.15, 0.2) is 5.38 Å². The van der Waals surface area contributed by atoms with E-state index in [0.29, 0.717) is 6.61 Å². The molecule has 1 saturated carbocycles. The Morgan fingerprint density at radius 1 is 1.30 bits per heavy atom. The molecule has 0 aliphatic heterocycles. The summed E-state index contributed by atoms with van der Waals surface area (Å²) in [5.41, 5.74) is 1.42. The Balaban J connectivity index is 1.84. The molecule has 2 N–H and O–H groups in total. The lowest BCUT2D eigenvalue weighted by atomic mass is 9.74. The number of aliphatic hydroxyl groups excluding tert-OH is 1. The molecule has 0 aromatic carbocycles. The fourth-order valence-electron chi connectivity index (χ4n) is 2.86. The van der Waals surface area contributed by atoms with Crippen molar-refractivity contribution in [1.29, 1.82) is 0 Å². The van der Waals surface area contributed by atoms with Crippen LogP contribution in [0.1, 0.15) is 63.6 Å². The van der Waals surface area contributed by atoms with Crippen LogP contribution in [0.3, 0.4) is 0 Å². The zero-order chi connectivity index (χ0) is 14.6. The second-order valence-corrected chi connectivity index (χ2v) is 8.14. The van der Waals surface area contributed by atoms with E-state index in [9.17, 15) is 5.11 Å². The van der Waals surface area contributed by atoms with Gasteiger partial charge in [0.25, 0.3) is 0 Å². The van der Waals surface area contributed by atoms with Crippen molar-refractivity contribution in [2.45, 2.75) is 64.8 Å². The maximum absolute atomic E-state index is 9.70. The zero-order valence-electron chi connectivity index (χ0n) is 13.0. The topological polar surface area (TPSA) is 45.1 Å². The molecule has 3 nitrogen and oxygen atoms in total. The molecule has 20 heavy (non-hydrogen) atoms. The van der Waals surface area contributed by atoms with Gasteiger partial charge in [-0.05, 0) is 12.8 Å². The highest BCUT2D eigenvalue weighted by molar-refractivity contribution is 7.09. The third-order valence-corrected chi connectivity index (χ3v) is 5.19. The number of nitrogens with zero attached hydrogens (tertiary/aromatic N) is 1. The predicted octanol–water partition coefficient (Wildman–Crippen LogP) is 3.47. The van der Waals surface area contributed by atoms with Gasteiger partial charge in [0.2, 0.25) is 0 Å². The largest absolute Gasteiger partial charge is 0.396 e. The van der Waals surface area contributed by atoms with E-state index in [-0.39, 0.29) is 10.8 Å². The molecule has 1 aromatic heterocycles. The first-order valence-electron chi connectivity index (χ1n) is 7.72. The van der Waals surface area contributed by atoms with Gasteiger partial charge in [-0.25, -0.2) is 4.98 Å². The molecule has 0 amide bonds. The summed E-state index contributed by atoms with van der Waals surface area (Å²) in [6, 6.07) is 0. The van der Waals surface area contributed by atoms with Crippen LogP contribution in [0.4, 0.5) is 0 Å². The van der Waals surface area contributed by atoms with Crippen LogP contribution in [0, 0.1) is 5.41 Å². The van der Waals surface area contributed by atoms with Crippen LogP contribution in [0.5, 0.6) is 0 Å². The molecule has 114 valence electrons. The second kappa shape index (κ2) is 6.54. The fourth-order valence-corrected chi connectivity index (χ4v) is 3.85. The van der Waals surface area contributed by atoms with Crippen molar-refractivity contribution in [2.24, 2.45) is 5.41 Å². The molecule has 0 spiro atoms. The number of nitrogens with one attached hydrogen (secondary N) is 1.